The van der Waals surface area contributed by atoms with E-state index < -0.39 is 66.4 Å². The highest BCUT2D eigenvalue weighted by molar-refractivity contribution is 5.82. The van der Waals surface area contributed by atoms with E-state index in [4.69, 9.17) is 9.60 Å². The number of carboxylic acids is 1. The molecule has 3 rings (SSSR count). The average Bonchev–Trinajstić information content (AvgIpc) is 3.12. The fourth-order valence-electron chi connectivity index (χ4n) is 3.61. The summed E-state index contributed by atoms with van der Waals surface area (Å²) in [7, 11) is 0. The van der Waals surface area contributed by atoms with Gasteiger partial charge in [-0.15, -0.1) is 0 Å². The molecule has 0 aromatic heterocycles. The van der Waals surface area contributed by atoms with Crippen molar-refractivity contribution >= 4 is 11.9 Å². The normalized spacial score (nSPS) is 28.7. The Balaban J connectivity index is 0.00000341. The summed E-state index contributed by atoms with van der Waals surface area (Å²) in [6.45, 7) is 1.07. The van der Waals surface area contributed by atoms with Crippen molar-refractivity contribution < 1.29 is 29.8 Å². The lowest BCUT2D eigenvalue weighted by molar-refractivity contribution is -0.145. The Hall–Kier alpha value is -1.88. The second-order valence-corrected chi connectivity index (χ2v) is 6.34. The van der Waals surface area contributed by atoms with E-state index in [9.17, 15) is 14.7 Å². The number of rotatable bonds is 5. The zero-order chi connectivity index (χ0) is 22.4. The molecular weight excluding hydrogens is 306 g/mol. The second-order valence-electron chi connectivity index (χ2n) is 6.34. The number of hydrogen-bond acceptors (Lipinski definition) is 2. The van der Waals surface area contributed by atoms with Crippen molar-refractivity contribution in [3.05, 3.63) is 35.8 Å². The van der Waals surface area contributed by atoms with Gasteiger partial charge in [-0.3, -0.25) is 9.59 Å². The number of carbonyl (C=O) groups is 2. The summed E-state index contributed by atoms with van der Waals surface area (Å²) in [6, 6.07) is -3.76. The first-order valence-corrected chi connectivity index (χ1v) is 8.04. The van der Waals surface area contributed by atoms with Gasteiger partial charge in [-0.05, 0) is 36.6 Å². The number of benzene rings is 1. The molecular formula is C19H27NO4. The molecule has 1 aromatic carbocycles. The molecule has 3 N–H and O–H groups in total. The van der Waals surface area contributed by atoms with Gasteiger partial charge in [0.15, 0.2) is 0 Å². The van der Waals surface area contributed by atoms with E-state index >= 15 is 0 Å². The van der Waals surface area contributed by atoms with Crippen molar-refractivity contribution in [3.8, 4) is 0 Å². The Kier molecular flexibility index (Phi) is 3.76. The first kappa shape index (κ1) is 10.9. The molecule has 2 aliphatic rings. The van der Waals surface area contributed by atoms with Crippen LogP contribution >= 0.6 is 0 Å². The average molecular weight is 340 g/mol. The van der Waals surface area contributed by atoms with Crippen molar-refractivity contribution in [1.29, 1.82) is 0 Å². The lowest BCUT2D eigenvalue weighted by Gasteiger charge is -2.22. The molecule has 1 aliphatic carbocycles. The van der Waals surface area contributed by atoms with Crippen molar-refractivity contribution in [3.63, 3.8) is 0 Å². The number of nitrogens with zero attached hydrogens (tertiary/aromatic N) is 1. The highest BCUT2D eigenvalue weighted by atomic mass is 16.4. The van der Waals surface area contributed by atoms with Crippen LogP contribution in [-0.2, 0) is 16.0 Å². The Morgan fingerprint density at radius 2 is 1.79 bits per heavy atom. The lowest BCUT2D eigenvalue weighted by atomic mass is 9.82. The number of aliphatic carboxylic acids is 1. The molecule has 1 heterocycles. The van der Waals surface area contributed by atoms with Crippen molar-refractivity contribution in [1.82, 2.24) is 4.90 Å². The first-order chi connectivity index (χ1) is 14.0. The predicted molar refractivity (Wildman–Crippen MR) is 91.5 cm³/mol. The summed E-state index contributed by atoms with van der Waals surface area (Å²) >= 11 is 0. The Labute approximate surface area is 152 Å². The van der Waals surface area contributed by atoms with E-state index in [0.717, 1.165) is 25.7 Å². The Bertz CT molecular complexity index is 836. The van der Waals surface area contributed by atoms with Gasteiger partial charge in [0.05, 0.1) is 12.8 Å². The quantitative estimate of drug-likeness (QED) is 0.890. The van der Waals surface area contributed by atoms with Crippen LogP contribution in [0.1, 0.15) is 47.3 Å². The van der Waals surface area contributed by atoms with E-state index in [1.165, 1.54) is 0 Å². The van der Waals surface area contributed by atoms with Crippen LogP contribution in [0.2, 0.25) is 0 Å². The minimum atomic E-state index is -2.83. The maximum absolute atomic E-state index is 12.8. The predicted octanol–water partition coefficient (Wildman–Crippen LogP) is 2.14. The SMILES string of the molecule is O.[2H]c1c([2H])c([2H])c(C([2H])([2H])[C@@H](CC(=O)N2C[C@H]3CCCC[C@H]3C2)C(=O)O)c([2H])c1[2H]. The summed E-state index contributed by atoms with van der Waals surface area (Å²) in [5.74, 6) is -3.16. The molecule has 24 heavy (non-hydrogen) atoms. The van der Waals surface area contributed by atoms with E-state index in [1.54, 1.807) is 4.90 Å². The molecule has 1 saturated heterocycles. The zero-order valence-corrected chi connectivity index (χ0v) is 13.4. The minimum Gasteiger partial charge on any atom is -0.481 e. The van der Waals surface area contributed by atoms with Crippen LogP contribution < -0.4 is 0 Å². The number of amides is 1. The van der Waals surface area contributed by atoms with Gasteiger partial charge in [0.2, 0.25) is 5.91 Å². The van der Waals surface area contributed by atoms with Gasteiger partial charge in [0.25, 0.3) is 0 Å². The largest absolute Gasteiger partial charge is 0.481 e. The fraction of sp³-hybridized carbons (Fsp3) is 0.579. The fourth-order valence-corrected chi connectivity index (χ4v) is 3.61. The van der Waals surface area contributed by atoms with Crippen molar-refractivity contribution in [2.24, 2.45) is 17.8 Å². The molecule has 5 nitrogen and oxygen atoms in total. The van der Waals surface area contributed by atoms with E-state index in [2.05, 4.69) is 0 Å². The molecule has 0 unspecified atom stereocenters. The van der Waals surface area contributed by atoms with E-state index in [0.29, 0.717) is 24.9 Å². The van der Waals surface area contributed by atoms with Crippen LogP contribution in [-0.4, -0.2) is 40.4 Å². The van der Waals surface area contributed by atoms with Gasteiger partial charge in [0.1, 0.15) is 0 Å². The van der Waals surface area contributed by atoms with Gasteiger partial charge in [0, 0.05) is 22.3 Å². The summed E-state index contributed by atoms with van der Waals surface area (Å²) in [4.78, 5) is 26.3. The molecule has 1 amide bonds. The third-order valence-electron chi connectivity index (χ3n) is 4.82. The molecule has 1 aromatic rings. The smallest absolute Gasteiger partial charge is 0.307 e. The van der Waals surface area contributed by atoms with Gasteiger partial charge >= 0.3 is 5.97 Å². The number of likely N-dealkylation sites (tertiary alicyclic amines) is 1. The number of carboxylic acid groups (broad SMARTS) is 1. The standard InChI is InChI=1S/C19H25NO3.H2O/c21-18(20-12-15-8-4-5-9-16(15)13-20)11-17(19(22)23)10-14-6-2-1-3-7-14;/h1-3,6-7,15-17H,4-5,8-13H2,(H,22,23);1H2/t15-,16+,17-;/m0./s1/i1D,2D,3D,6D,7D,10D2;. The molecule has 2 fully saturated rings. The monoisotopic (exact) mass is 340 g/mol. The van der Waals surface area contributed by atoms with Crippen molar-refractivity contribution in [2.75, 3.05) is 13.1 Å². The summed E-state index contributed by atoms with van der Waals surface area (Å²) < 4.78 is 55.8. The zero-order valence-electron chi connectivity index (χ0n) is 20.4. The van der Waals surface area contributed by atoms with Crippen LogP contribution in [0.25, 0.3) is 0 Å². The summed E-state index contributed by atoms with van der Waals surface area (Å²) in [5, 5.41) is 9.68. The number of hydrogen-bond donors (Lipinski definition) is 1. The lowest BCUT2D eigenvalue weighted by Crippen LogP contribution is -2.33. The topological polar surface area (TPSA) is 89.1 Å². The summed E-state index contributed by atoms with van der Waals surface area (Å²) in [5.41, 5.74) is -0.733. The molecule has 5 heteroatoms. The van der Waals surface area contributed by atoms with Gasteiger partial charge in [-0.25, -0.2) is 0 Å². The van der Waals surface area contributed by atoms with Crippen LogP contribution in [0.5, 0.6) is 0 Å². The maximum atomic E-state index is 12.8. The van der Waals surface area contributed by atoms with Crippen LogP contribution in [0.15, 0.2) is 30.2 Å². The van der Waals surface area contributed by atoms with Crippen LogP contribution in [0.3, 0.4) is 0 Å². The molecule has 3 atom stereocenters. The highest BCUT2D eigenvalue weighted by Gasteiger charge is 2.37. The molecule has 132 valence electrons. The van der Waals surface area contributed by atoms with Gasteiger partial charge in [-0.2, -0.15) is 0 Å². The number of fused-ring (bicyclic) bond motifs is 1. The van der Waals surface area contributed by atoms with Crippen LogP contribution in [0, 0.1) is 17.8 Å². The molecule has 1 saturated carbocycles. The molecule has 0 radical (unpaired) electrons. The second kappa shape index (κ2) is 8.29. The van der Waals surface area contributed by atoms with Crippen molar-refractivity contribution in [2.45, 2.75) is 38.5 Å². The first-order valence-electron chi connectivity index (χ1n) is 11.5. The molecule has 0 spiro atoms. The highest BCUT2D eigenvalue weighted by Crippen LogP contribution is 2.36. The van der Waals surface area contributed by atoms with E-state index in [1.807, 2.05) is 0 Å². The van der Waals surface area contributed by atoms with Gasteiger partial charge < -0.3 is 15.5 Å². The van der Waals surface area contributed by atoms with E-state index in [-0.39, 0.29) is 5.48 Å². The minimum absolute atomic E-state index is 0. The Morgan fingerprint density at radius 1 is 1.21 bits per heavy atom. The summed E-state index contributed by atoms with van der Waals surface area (Å²) in [6.07, 6.45) is 0.809. The molecule has 0 bridgehead atoms. The van der Waals surface area contributed by atoms with Crippen LogP contribution in [0.4, 0.5) is 0 Å². The third-order valence-corrected chi connectivity index (χ3v) is 4.82. The maximum Gasteiger partial charge on any atom is 0.307 e. The van der Waals surface area contributed by atoms with Gasteiger partial charge in [-0.1, -0.05) is 43.1 Å². The molecule has 1 aliphatic heterocycles. The third kappa shape index (κ3) is 4.35. The Morgan fingerprint density at radius 3 is 2.33 bits per heavy atom. The number of carbonyl (C=O) groups excluding carboxylic acids is 1.